The first-order chi connectivity index (χ1) is 14.6. The zero-order valence-corrected chi connectivity index (χ0v) is 16.2. The van der Waals surface area contributed by atoms with Gasteiger partial charge in [-0.15, -0.1) is 0 Å². The summed E-state index contributed by atoms with van der Waals surface area (Å²) in [5.41, 5.74) is 4.68. The van der Waals surface area contributed by atoms with E-state index in [2.05, 4.69) is 34.6 Å². The SMILES string of the molecule is O=C(Nc1cnc2n1CCC(C(=O)O)C2)OCC1c2ccccc2-c2ccccc21. The Hall–Kier alpha value is -3.61. The molecule has 2 aromatic carbocycles. The average molecular weight is 403 g/mol. The maximum absolute atomic E-state index is 12.5. The van der Waals surface area contributed by atoms with E-state index < -0.39 is 18.0 Å². The molecule has 0 radical (unpaired) electrons. The topological polar surface area (TPSA) is 93.5 Å². The zero-order chi connectivity index (χ0) is 20.7. The largest absolute Gasteiger partial charge is 0.481 e. The standard InChI is InChI=1S/C23H21N3O4/c27-22(28)14-9-10-26-20(11-14)24-12-21(26)25-23(29)30-13-19-17-7-3-1-5-15(17)16-6-2-4-8-18(16)19/h1-8,12,14,19H,9-11,13H2,(H,25,29)(H,27,28). The van der Waals surface area contributed by atoms with Crippen molar-refractivity contribution in [2.45, 2.75) is 25.3 Å². The summed E-state index contributed by atoms with van der Waals surface area (Å²) in [6.45, 7) is 0.743. The molecule has 30 heavy (non-hydrogen) atoms. The average Bonchev–Trinajstić information content (AvgIpc) is 3.31. The molecule has 0 saturated carbocycles. The van der Waals surface area contributed by atoms with Crippen molar-refractivity contribution in [3.05, 3.63) is 71.7 Å². The number of carboxylic acids is 1. The summed E-state index contributed by atoms with van der Waals surface area (Å²) in [5.74, 6) is -0.0370. The van der Waals surface area contributed by atoms with Gasteiger partial charge in [0.2, 0.25) is 0 Å². The number of ether oxygens (including phenoxy) is 1. The van der Waals surface area contributed by atoms with Crippen LogP contribution in [-0.4, -0.2) is 33.3 Å². The minimum absolute atomic E-state index is 0.00108. The summed E-state index contributed by atoms with van der Waals surface area (Å²) >= 11 is 0. The van der Waals surface area contributed by atoms with Crippen molar-refractivity contribution >= 4 is 17.9 Å². The minimum atomic E-state index is -0.810. The molecule has 152 valence electrons. The van der Waals surface area contributed by atoms with E-state index in [0.29, 0.717) is 31.0 Å². The van der Waals surface area contributed by atoms with Crippen LogP contribution in [0, 0.1) is 5.92 Å². The number of nitrogens with zero attached hydrogens (tertiary/aromatic N) is 2. The Kier molecular flexibility index (Phi) is 4.50. The number of hydrogen-bond acceptors (Lipinski definition) is 4. The first-order valence-electron chi connectivity index (χ1n) is 10.0. The molecular weight excluding hydrogens is 382 g/mol. The predicted molar refractivity (Wildman–Crippen MR) is 110 cm³/mol. The fraction of sp³-hybridized carbons (Fsp3) is 0.261. The lowest BCUT2D eigenvalue weighted by Gasteiger charge is -2.21. The molecule has 1 aliphatic heterocycles. The number of amides is 1. The Morgan fingerprint density at radius 1 is 1.10 bits per heavy atom. The molecule has 2 N–H and O–H groups in total. The van der Waals surface area contributed by atoms with Gasteiger partial charge in [-0.2, -0.15) is 0 Å². The number of carboxylic acid groups (broad SMARTS) is 1. The van der Waals surface area contributed by atoms with Crippen molar-refractivity contribution in [2.75, 3.05) is 11.9 Å². The highest BCUT2D eigenvalue weighted by Crippen LogP contribution is 2.44. The quantitative estimate of drug-likeness (QED) is 0.689. The number of rotatable bonds is 4. The van der Waals surface area contributed by atoms with Gasteiger partial charge in [-0.05, 0) is 28.7 Å². The third-order valence-corrected chi connectivity index (χ3v) is 5.99. The van der Waals surface area contributed by atoms with Crippen molar-refractivity contribution < 1.29 is 19.4 Å². The van der Waals surface area contributed by atoms with Gasteiger partial charge in [0.15, 0.2) is 0 Å². The molecule has 7 heteroatoms. The molecule has 2 aliphatic rings. The molecule has 2 heterocycles. The first-order valence-corrected chi connectivity index (χ1v) is 10.0. The summed E-state index contributed by atoms with van der Waals surface area (Å²) in [6, 6.07) is 16.4. The normalized spacial score (nSPS) is 17.0. The van der Waals surface area contributed by atoms with Gasteiger partial charge in [-0.3, -0.25) is 10.1 Å². The first kappa shape index (κ1) is 18.4. The number of carbonyl (C=O) groups is 2. The molecule has 7 nitrogen and oxygen atoms in total. The lowest BCUT2D eigenvalue weighted by Crippen LogP contribution is -2.27. The third-order valence-electron chi connectivity index (χ3n) is 5.99. The third kappa shape index (κ3) is 3.12. The summed E-state index contributed by atoms with van der Waals surface area (Å²) in [7, 11) is 0. The Morgan fingerprint density at radius 2 is 1.77 bits per heavy atom. The van der Waals surface area contributed by atoms with Gasteiger partial charge >= 0.3 is 12.1 Å². The van der Waals surface area contributed by atoms with Crippen LogP contribution < -0.4 is 5.32 Å². The van der Waals surface area contributed by atoms with E-state index in [1.165, 1.54) is 11.1 Å². The van der Waals surface area contributed by atoms with Crippen molar-refractivity contribution in [3.63, 3.8) is 0 Å². The highest BCUT2D eigenvalue weighted by atomic mass is 16.5. The summed E-state index contributed by atoms with van der Waals surface area (Å²) < 4.78 is 7.43. The van der Waals surface area contributed by atoms with E-state index in [4.69, 9.17) is 4.74 Å². The molecule has 1 aliphatic carbocycles. The lowest BCUT2D eigenvalue weighted by molar-refractivity contribution is -0.142. The number of nitrogens with one attached hydrogen (secondary N) is 1. The molecule has 1 aromatic heterocycles. The van der Waals surface area contributed by atoms with Crippen LogP contribution in [0.15, 0.2) is 54.7 Å². The van der Waals surface area contributed by atoms with Gasteiger partial charge in [0, 0.05) is 18.9 Å². The van der Waals surface area contributed by atoms with Gasteiger partial charge in [0.25, 0.3) is 0 Å². The highest BCUT2D eigenvalue weighted by molar-refractivity contribution is 5.84. The summed E-state index contributed by atoms with van der Waals surface area (Å²) in [4.78, 5) is 28.0. The fourth-order valence-corrected chi connectivity index (χ4v) is 4.48. The van der Waals surface area contributed by atoms with Gasteiger partial charge < -0.3 is 14.4 Å². The van der Waals surface area contributed by atoms with Gasteiger partial charge in [0.05, 0.1) is 12.1 Å². The van der Waals surface area contributed by atoms with E-state index in [-0.39, 0.29) is 12.5 Å². The van der Waals surface area contributed by atoms with Crippen LogP contribution in [0.25, 0.3) is 11.1 Å². The maximum Gasteiger partial charge on any atom is 0.412 e. The van der Waals surface area contributed by atoms with Gasteiger partial charge in [0.1, 0.15) is 18.2 Å². The van der Waals surface area contributed by atoms with E-state index in [0.717, 1.165) is 11.1 Å². The molecule has 3 aromatic rings. The van der Waals surface area contributed by atoms with Crippen LogP contribution in [0.3, 0.4) is 0 Å². The smallest absolute Gasteiger partial charge is 0.412 e. The minimum Gasteiger partial charge on any atom is -0.481 e. The number of imidazole rings is 1. The van der Waals surface area contributed by atoms with Crippen LogP contribution >= 0.6 is 0 Å². The molecule has 5 rings (SSSR count). The Bertz CT molecular complexity index is 1090. The molecular formula is C23H21N3O4. The number of anilines is 1. The summed E-state index contributed by atoms with van der Waals surface area (Å²) in [6.07, 6.45) is 1.89. The van der Waals surface area contributed by atoms with Crippen molar-refractivity contribution in [1.29, 1.82) is 0 Å². The molecule has 0 bridgehead atoms. The lowest BCUT2D eigenvalue weighted by atomic mass is 9.98. The number of benzene rings is 2. The van der Waals surface area contributed by atoms with E-state index >= 15 is 0 Å². The van der Waals surface area contributed by atoms with E-state index in [9.17, 15) is 14.7 Å². The van der Waals surface area contributed by atoms with Crippen molar-refractivity contribution in [1.82, 2.24) is 9.55 Å². The number of aliphatic carboxylic acids is 1. The van der Waals surface area contributed by atoms with Crippen molar-refractivity contribution in [3.8, 4) is 11.1 Å². The molecule has 0 saturated heterocycles. The predicted octanol–water partition coefficient (Wildman–Crippen LogP) is 3.89. The Labute approximate surface area is 173 Å². The number of carbonyl (C=O) groups excluding carboxylic acids is 1. The molecule has 1 amide bonds. The fourth-order valence-electron chi connectivity index (χ4n) is 4.48. The van der Waals surface area contributed by atoms with E-state index in [1.54, 1.807) is 6.20 Å². The van der Waals surface area contributed by atoms with Crippen LogP contribution in [-0.2, 0) is 22.5 Å². The number of fused-ring (bicyclic) bond motifs is 4. The summed E-state index contributed by atoms with van der Waals surface area (Å²) in [5, 5.41) is 12.0. The van der Waals surface area contributed by atoms with Crippen LogP contribution in [0.4, 0.5) is 10.6 Å². The Balaban J connectivity index is 1.28. The molecule has 1 unspecified atom stereocenters. The van der Waals surface area contributed by atoms with Gasteiger partial charge in [-0.25, -0.2) is 9.78 Å². The second-order valence-electron chi connectivity index (χ2n) is 7.69. The van der Waals surface area contributed by atoms with Crippen LogP contribution in [0.5, 0.6) is 0 Å². The second-order valence-corrected chi connectivity index (χ2v) is 7.69. The molecule has 1 atom stereocenters. The number of hydrogen-bond donors (Lipinski definition) is 2. The molecule has 0 fully saturated rings. The van der Waals surface area contributed by atoms with E-state index in [1.807, 2.05) is 28.8 Å². The second kappa shape index (κ2) is 7.33. The highest BCUT2D eigenvalue weighted by Gasteiger charge is 2.30. The monoisotopic (exact) mass is 403 g/mol. The van der Waals surface area contributed by atoms with Crippen molar-refractivity contribution in [2.24, 2.45) is 5.92 Å². The maximum atomic E-state index is 12.5. The van der Waals surface area contributed by atoms with Gasteiger partial charge in [-0.1, -0.05) is 48.5 Å². The number of aromatic nitrogens is 2. The van der Waals surface area contributed by atoms with Crippen LogP contribution in [0.1, 0.15) is 29.3 Å². The van der Waals surface area contributed by atoms with Crippen LogP contribution in [0.2, 0.25) is 0 Å². The zero-order valence-electron chi connectivity index (χ0n) is 16.2. The Morgan fingerprint density at radius 3 is 2.43 bits per heavy atom. The molecule has 0 spiro atoms.